The molecule has 0 spiro atoms. The van der Waals surface area contributed by atoms with Crippen LogP contribution in [0.25, 0.3) is 0 Å². The molecule has 27 heavy (non-hydrogen) atoms. The fraction of sp³-hybridized carbons (Fsp3) is 0.870. The molecule has 0 aliphatic carbocycles. The van der Waals surface area contributed by atoms with Crippen molar-refractivity contribution < 1.29 is 19.4 Å². The van der Waals surface area contributed by atoms with Gasteiger partial charge < -0.3 is 14.6 Å². The van der Waals surface area contributed by atoms with E-state index in [1.165, 1.54) is 90.4 Å². The molecule has 0 aromatic rings. The molecule has 0 rings (SSSR count). The normalized spacial score (nSPS) is 12.6. The molecule has 0 radical (unpaired) electrons. The monoisotopic (exact) mass is 384 g/mol. The highest BCUT2D eigenvalue weighted by molar-refractivity contribution is 5.65. The van der Waals surface area contributed by atoms with Crippen molar-refractivity contribution in [2.75, 3.05) is 19.8 Å². The van der Waals surface area contributed by atoms with Crippen LogP contribution in [-0.2, 0) is 14.3 Å². The van der Waals surface area contributed by atoms with E-state index in [9.17, 15) is 9.90 Å². The van der Waals surface area contributed by atoms with E-state index in [1.54, 1.807) is 0 Å². The van der Waals surface area contributed by atoms with Gasteiger partial charge in [-0.15, -0.1) is 0 Å². The van der Waals surface area contributed by atoms with Crippen LogP contribution in [0.15, 0.2) is 12.2 Å². The second-order valence-electron chi connectivity index (χ2n) is 7.47. The molecule has 0 amide bonds. The molecule has 1 atom stereocenters. The van der Waals surface area contributed by atoms with Gasteiger partial charge in [-0.1, -0.05) is 76.9 Å². The Balaban J connectivity index is 3.16. The molecule has 0 heterocycles. The third kappa shape index (κ3) is 23.1. The molecule has 0 aromatic heterocycles. The molecular weight excluding hydrogens is 340 g/mol. The first-order valence-corrected chi connectivity index (χ1v) is 11.2. The first kappa shape index (κ1) is 26.1. The van der Waals surface area contributed by atoms with Gasteiger partial charge in [-0.2, -0.15) is 0 Å². The summed E-state index contributed by atoms with van der Waals surface area (Å²) in [7, 11) is 0. The van der Waals surface area contributed by atoms with E-state index < -0.39 is 6.10 Å². The number of rotatable bonds is 20. The maximum absolute atomic E-state index is 10.6. The summed E-state index contributed by atoms with van der Waals surface area (Å²) < 4.78 is 10.1. The van der Waals surface area contributed by atoms with Gasteiger partial charge in [-0.25, -0.2) is 0 Å². The highest BCUT2D eigenvalue weighted by atomic mass is 16.5. The average molecular weight is 385 g/mol. The van der Waals surface area contributed by atoms with Gasteiger partial charge in [-0.3, -0.25) is 4.79 Å². The minimum absolute atomic E-state index is 0.0166. The predicted octanol–water partition coefficient (Wildman–Crippen LogP) is 5.96. The van der Waals surface area contributed by atoms with Crippen LogP contribution in [0.2, 0.25) is 0 Å². The van der Waals surface area contributed by atoms with Crippen molar-refractivity contribution in [2.24, 2.45) is 0 Å². The van der Waals surface area contributed by atoms with E-state index in [4.69, 9.17) is 9.47 Å². The summed E-state index contributed by atoms with van der Waals surface area (Å²) in [5.74, 6) is -0.373. The first-order chi connectivity index (χ1) is 13.2. The predicted molar refractivity (Wildman–Crippen MR) is 113 cm³/mol. The van der Waals surface area contributed by atoms with Gasteiger partial charge in [0, 0.05) is 13.5 Å². The first-order valence-electron chi connectivity index (χ1n) is 11.2. The number of aliphatic hydroxyl groups is 1. The van der Waals surface area contributed by atoms with Gasteiger partial charge in [0.15, 0.2) is 0 Å². The Hall–Kier alpha value is -0.870. The number of unbranched alkanes of at least 4 members (excludes halogenated alkanes) is 12. The fourth-order valence-corrected chi connectivity index (χ4v) is 2.93. The van der Waals surface area contributed by atoms with Crippen molar-refractivity contribution in [1.82, 2.24) is 0 Å². The lowest BCUT2D eigenvalue weighted by atomic mass is 10.1. The topological polar surface area (TPSA) is 55.8 Å². The maximum Gasteiger partial charge on any atom is 0.302 e. The van der Waals surface area contributed by atoms with Crippen molar-refractivity contribution >= 4 is 5.97 Å². The van der Waals surface area contributed by atoms with Gasteiger partial charge in [-0.05, 0) is 32.1 Å². The second-order valence-corrected chi connectivity index (χ2v) is 7.47. The molecule has 0 saturated heterocycles. The van der Waals surface area contributed by atoms with E-state index in [1.807, 2.05) is 0 Å². The SMILES string of the molecule is CCCCCCCC/C=C\CCCCCCCCOC[C@@H](O)COC(C)=O. The van der Waals surface area contributed by atoms with Crippen LogP contribution in [0, 0.1) is 0 Å². The van der Waals surface area contributed by atoms with E-state index >= 15 is 0 Å². The minimum Gasteiger partial charge on any atom is -0.463 e. The molecule has 4 heteroatoms. The largest absolute Gasteiger partial charge is 0.463 e. The van der Waals surface area contributed by atoms with Crippen LogP contribution in [-0.4, -0.2) is 37.0 Å². The molecular formula is C23H44O4. The zero-order valence-corrected chi connectivity index (χ0v) is 17.9. The summed E-state index contributed by atoms with van der Waals surface area (Å²) in [5.41, 5.74) is 0. The minimum atomic E-state index is -0.719. The van der Waals surface area contributed by atoms with Gasteiger partial charge in [0.1, 0.15) is 12.7 Å². The van der Waals surface area contributed by atoms with E-state index in [2.05, 4.69) is 19.1 Å². The summed E-state index contributed by atoms with van der Waals surface area (Å²) in [6, 6.07) is 0. The maximum atomic E-state index is 10.6. The number of ether oxygens (including phenoxy) is 2. The number of hydrogen-bond acceptors (Lipinski definition) is 4. The number of aliphatic hydroxyl groups excluding tert-OH is 1. The van der Waals surface area contributed by atoms with Gasteiger partial charge in [0.2, 0.25) is 0 Å². The lowest BCUT2D eigenvalue weighted by Crippen LogP contribution is -2.23. The number of carbonyl (C=O) groups excluding carboxylic acids is 1. The summed E-state index contributed by atoms with van der Waals surface area (Å²) in [6.45, 7) is 4.52. The standard InChI is InChI=1S/C23H44O4/c1-3-4-5-6-7-8-9-10-11-12-13-14-15-16-17-18-19-26-20-23(25)21-27-22(2)24/h10-11,23,25H,3-9,12-21H2,1-2H3/b11-10-/t23-/m1/s1. The average Bonchev–Trinajstić information content (AvgIpc) is 2.65. The van der Waals surface area contributed by atoms with Crippen molar-refractivity contribution in [1.29, 1.82) is 0 Å². The number of carbonyl (C=O) groups is 1. The molecule has 0 unspecified atom stereocenters. The Morgan fingerprint density at radius 2 is 1.33 bits per heavy atom. The Morgan fingerprint density at radius 3 is 1.89 bits per heavy atom. The third-order valence-corrected chi connectivity index (χ3v) is 4.59. The molecule has 0 aromatic carbocycles. The van der Waals surface area contributed by atoms with Gasteiger partial charge >= 0.3 is 5.97 Å². The molecule has 0 bridgehead atoms. The zero-order chi connectivity index (χ0) is 20.0. The Morgan fingerprint density at radius 1 is 0.815 bits per heavy atom. The number of hydrogen-bond donors (Lipinski definition) is 1. The fourth-order valence-electron chi connectivity index (χ4n) is 2.93. The highest BCUT2D eigenvalue weighted by Gasteiger charge is 2.05. The summed E-state index contributed by atoms with van der Waals surface area (Å²) in [4.78, 5) is 10.6. The summed E-state index contributed by atoms with van der Waals surface area (Å²) >= 11 is 0. The number of esters is 1. The van der Waals surface area contributed by atoms with Crippen LogP contribution >= 0.6 is 0 Å². The van der Waals surface area contributed by atoms with Crippen molar-refractivity contribution in [3.8, 4) is 0 Å². The highest BCUT2D eigenvalue weighted by Crippen LogP contribution is 2.10. The van der Waals surface area contributed by atoms with E-state index in [0.29, 0.717) is 6.61 Å². The molecule has 0 aliphatic heterocycles. The number of allylic oxidation sites excluding steroid dienone is 2. The Bertz CT molecular complexity index is 341. The van der Waals surface area contributed by atoms with Crippen LogP contribution in [0.1, 0.15) is 104 Å². The Labute approximate surface area is 167 Å². The quantitative estimate of drug-likeness (QED) is 0.160. The lowest BCUT2D eigenvalue weighted by molar-refractivity contribution is -0.145. The molecule has 0 fully saturated rings. The van der Waals surface area contributed by atoms with E-state index in [-0.39, 0.29) is 19.2 Å². The summed E-state index contributed by atoms with van der Waals surface area (Å²) in [6.07, 6.45) is 22.1. The smallest absolute Gasteiger partial charge is 0.302 e. The van der Waals surface area contributed by atoms with Gasteiger partial charge in [0.05, 0.1) is 6.61 Å². The van der Waals surface area contributed by atoms with Crippen LogP contribution < -0.4 is 0 Å². The summed E-state index contributed by atoms with van der Waals surface area (Å²) in [5, 5.41) is 9.53. The van der Waals surface area contributed by atoms with Crippen LogP contribution in [0.5, 0.6) is 0 Å². The lowest BCUT2D eigenvalue weighted by Gasteiger charge is -2.10. The van der Waals surface area contributed by atoms with Crippen LogP contribution in [0.3, 0.4) is 0 Å². The molecule has 4 nitrogen and oxygen atoms in total. The Kier molecular flexibility index (Phi) is 20.7. The second kappa shape index (κ2) is 21.4. The molecule has 0 aliphatic rings. The van der Waals surface area contributed by atoms with Crippen LogP contribution in [0.4, 0.5) is 0 Å². The van der Waals surface area contributed by atoms with Crippen molar-refractivity contribution in [2.45, 2.75) is 110 Å². The van der Waals surface area contributed by atoms with E-state index in [0.717, 1.165) is 6.42 Å². The molecule has 0 saturated carbocycles. The van der Waals surface area contributed by atoms with Crippen molar-refractivity contribution in [3.05, 3.63) is 12.2 Å². The third-order valence-electron chi connectivity index (χ3n) is 4.59. The van der Waals surface area contributed by atoms with Gasteiger partial charge in [0.25, 0.3) is 0 Å². The molecule has 1 N–H and O–H groups in total. The van der Waals surface area contributed by atoms with Crippen molar-refractivity contribution in [3.63, 3.8) is 0 Å². The molecule has 160 valence electrons. The zero-order valence-electron chi connectivity index (χ0n) is 17.9.